The highest BCUT2D eigenvalue weighted by Gasteiger charge is 1.83. The van der Waals surface area contributed by atoms with Crippen LogP contribution in [0.25, 0.3) is 0 Å². The van der Waals surface area contributed by atoms with Gasteiger partial charge in [-0.3, -0.25) is 0 Å². The van der Waals surface area contributed by atoms with Gasteiger partial charge < -0.3 is 0 Å². The van der Waals surface area contributed by atoms with Crippen LogP contribution in [0.3, 0.4) is 0 Å². The molecule has 0 saturated carbocycles. The third-order valence-corrected chi connectivity index (χ3v) is 2.48. The van der Waals surface area contributed by atoms with Crippen molar-refractivity contribution in [1.29, 1.82) is 0 Å². The minimum atomic E-state index is 1.07. The van der Waals surface area contributed by atoms with Gasteiger partial charge in [-0.1, -0.05) is 70.3 Å². The summed E-state index contributed by atoms with van der Waals surface area (Å²) in [5, 5.41) is 0. The van der Waals surface area contributed by atoms with Crippen LogP contribution in [0.2, 0.25) is 0 Å². The van der Waals surface area contributed by atoms with Crippen LogP contribution in [0, 0.1) is 6.92 Å². The minimum absolute atomic E-state index is 1.07. The zero-order valence-corrected chi connectivity index (χ0v) is 10.4. The molecular weight excluding hydrogens is 180 g/mol. The van der Waals surface area contributed by atoms with E-state index in [1.807, 2.05) is 0 Å². The van der Waals surface area contributed by atoms with Crippen molar-refractivity contribution in [2.75, 3.05) is 0 Å². The first-order valence-corrected chi connectivity index (χ1v) is 6.52. The van der Waals surface area contributed by atoms with Crippen molar-refractivity contribution in [2.24, 2.45) is 0 Å². The zero-order chi connectivity index (χ0) is 11.2. The molecule has 0 fully saturated rings. The fourth-order valence-electron chi connectivity index (χ4n) is 1.48. The maximum Gasteiger partial charge on any atom is -0.0348 e. The highest BCUT2D eigenvalue weighted by molar-refractivity contribution is 5.02. The fourth-order valence-corrected chi connectivity index (χ4v) is 1.48. The Labute approximate surface area is 96.5 Å². The highest BCUT2D eigenvalue weighted by Crippen LogP contribution is 2.03. The fraction of sp³-hybridized carbons (Fsp3) is 0.667. The second kappa shape index (κ2) is 13.5. The maximum absolute atomic E-state index is 3.83. The van der Waals surface area contributed by atoms with Crippen molar-refractivity contribution in [3.63, 3.8) is 0 Å². The Bertz CT molecular complexity index is 153. The quantitative estimate of drug-likeness (QED) is 0.329. The number of allylic oxidation sites excluding steroid dienone is 4. The number of rotatable bonds is 10. The van der Waals surface area contributed by atoms with Gasteiger partial charge >= 0.3 is 0 Å². The Hall–Kier alpha value is -0.520. The number of hydrogen-bond acceptors (Lipinski definition) is 0. The lowest BCUT2D eigenvalue weighted by Crippen LogP contribution is -1.73. The molecule has 0 spiro atoms. The van der Waals surface area contributed by atoms with E-state index in [9.17, 15) is 0 Å². The molecule has 0 saturated heterocycles. The predicted molar refractivity (Wildman–Crippen MR) is 70.9 cm³/mol. The summed E-state index contributed by atoms with van der Waals surface area (Å²) in [6.07, 6.45) is 20.4. The summed E-state index contributed by atoms with van der Waals surface area (Å²) in [6.45, 7) is 6.08. The van der Waals surface area contributed by atoms with Gasteiger partial charge in [-0.15, -0.1) is 0 Å². The molecule has 0 aromatic rings. The molecule has 0 heterocycles. The molecule has 0 rings (SSSR count). The van der Waals surface area contributed by atoms with Gasteiger partial charge in [0.2, 0.25) is 0 Å². The molecule has 0 aromatic heterocycles. The van der Waals surface area contributed by atoms with Gasteiger partial charge in [0.05, 0.1) is 0 Å². The monoisotopic (exact) mass is 207 g/mol. The van der Waals surface area contributed by atoms with E-state index in [0.717, 1.165) is 6.42 Å². The van der Waals surface area contributed by atoms with Crippen LogP contribution in [-0.4, -0.2) is 0 Å². The first-order chi connectivity index (χ1) is 7.41. The average molecular weight is 207 g/mol. The van der Waals surface area contributed by atoms with Crippen molar-refractivity contribution in [1.82, 2.24) is 0 Å². The molecule has 0 aliphatic carbocycles. The highest BCUT2D eigenvalue weighted by atomic mass is 13.9. The van der Waals surface area contributed by atoms with Gasteiger partial charge in [-0.05, 0) is 25.7 Å². The van der Waals surface area contributed by atoms with Crippen LogP contribution in [0.5, 0.6) is 0 Å². The summed E-state index contributed by atoms with van der Waals surface area (Å²) < 4.78 is 0. The Morgan fingerprint density at radius 2 is 1.40 bits per heavy atom. The van der Waals surface area contributed by atoms with Crippen LogP contribution in [0.4, 0.5) is 0 Å². The number of hydrogen-bond donors (Lipinski definition) is 0. The van der Waals surface area contributed by atoms with E-state index in [-0.39, 0.29) is 0 Å². The topological polar surface area (TPSA) is 0 Å². The van der Waals surface area contributed by atoms with Crippen molar-refractivity contribution >= 4 is 0 Å². The number of unbranched alkanes of at least 4 members (excludes halogenated alkanes) is 7. The summed E-state index contributed by atoms with van der Waals surface area (Å²) in [5.41, 5.74) is 0. The first-order valence-electron chi connectivity index (χ1n) is 6.52. The standard InChI is InChI=1S/C15H27/c1-3-5-7-9-11-13-15-14-12-10-8-6-4-2/h11,13-15H,1,3-10,12H2,2H3. The molecule has 0 N–H and O–H groups in total. The molecule has 0 atom stereocenters. The minimum Gasteiger partial charge on any atom is -0.0845 e. The summed E-state index contributed by atoms with van der Waals surface area (Å²) >= 11 is 0. The summed E-state index contributed by atoms with van der Waals surface area (Å²) in [6, 6.07) is 0. The van der Waals surface area contributed by atoms with Crippen LogP contribution in [0.1, 0.15) is 64.7 Å². The lowest BCUT2D eigenvalue weighted by atomic mass is 10.1. The molecule has 0 aliphatic rings. The van der Waals surface area contributed by atoms with E-state index in [1.54, 1.807) is 0 Å². The molecule has 0 heteroatoms. The Morgan fingerprint density at radius 1 is 0.800 bits per heavy atom. The molecule has 0 nitrogen and oxygen atoms in total. The van der Waals surface area contributed by atoms with E-state index >= 15 is 0 Å². The summed E-state index contributed by atoms with van der Waals surface area (Å²) in [4.78, 5) is 0. The van der Waals surface area contributed by atoms with Crippen LogP contribution in [0.15, 0.2) is 24.3 Å². The van der Waals surface area contributed by atoms with Crippen LogP contribution < -0.4 is 0 Å². The van der Waals surface area contributed by atoms with Gasteiger partial charge in [0.15, 0.2) is 0 Å². The zero-order valence-electron chi connectivity index (χ0n) is 10.4. The van der Waals surface area contributed by atoms with E-state index in [4.69, 9.17) is 0 Å². The second-order valence-corrected chi connectivity index (χ2v) is 4.05. The second-order valence-electron chi connectivity index (χ2n) is 4.05. The third kappa shape index (κ3) is 13.5. The third-order valence-electron chi connectivity index (χ3n) is 2.48. The van der Waals surface area contributed by atoms with Crippen molar-refractivity contribution in [2.45, 2.75) is 64.7 Å². The summed E-state index contributed by atoms with van der Waals surface area (Å²) in [5.74, 6) is 0. The Balaban J connectivity index is 3.15. The van der Waals surface area contributed by atoms with E-state index in [1.165, 1.54) is 51.4 Å². The van der Waals surface area contributed by atoms with Gasteiger partial charge in [-0.2, -0.15) is 0 Å². The van der Waals surface area contributed by atoms with Crippen molar-refractivity contribution in [3.05, 3.63) is 31.2 Å². The largest absolute Gasteiger partial charge is 0.0845 e. The molecule has 87 valence electrons. The first kappa shape index (κ1) is 14.5. The van der Waals surface area contributed by atoms with Crippen LogP contribution in [-0.2, 0) is 0 Å². The van der Waals surface area contributed by atoms with Crippen molar-refractivity contribution < 1.29 is 0 Å². The molecule has 1 radical (unpaired) electrons. The molecule has 15 heavy (non-hydrogen) atoms. The molecule has 0 unspecified atom stereocenters. The lowest BCUT2D eigenvalue weighted by Gasteiger charge is -1.93. The smallest absolute Gasteiger partial charge is 0.0348 e. The molecular formula is C15H27. The van der Waals surface area contributed by atoms with Gasteiger partial charge in [0.1, 0.15) is 0 Å². The SMILES string of the molecule is [CH2]CCCCC=CC=CCCCCCC. The maximum atomic E-state index is 3.83. The Morgan fingerprint density at radius 3 is 1.93 bits per heavy atom. The van der Waals surface area contributed by atoms with E-state index < -0.39 is 0 Å². The normalized spacial score (nSPS) is 11.9. The summed E-state index contributed by atoms with van der Waals surface area (Å²) in [7, 11) is 0. The molecule has 0 aromatic carbocycles. The van der Waals surface area contributed by atoms with Crippen LogP contribution >= 0.6 is 0 Å². The molecule has 0 bridgehead atoms. The lowest BCUT2D eigenvalue weighted by molar-refractivity contribution is 0.674. The molecule has 0 amide bonds. The molecule has 0 aliphatic heterocycles. The van der Waals surface area contributed by atoms with Gasteiger partial charge in [0, 0.05) is 0 Å². The van der Waals surface area contributed by atoms with E-state index in [2.05, 4.69) is 38.2 Å². The average Bonchev–Trinajstić information content (AvgIpc) is 2.26. The van der Waals surface area contributed by atoms with Gasteiger partial charge in [-0.25, -0.2) is 0 Å². The predicted octanol–water partition coefficient (Wildman–Crippen LogP) is 5.46. The Kier molecular flexibility index (Phi) is 13.0. The van der Waals surface area contributed by atoms with Gasteiger partial charge in [0.25, 0.3) is 0 Å². The van der Waals surface area contributed by atoms with Crippen molar-refractivity contribution in [3.8, 4) is 0 Å². The van der Waals surface area contributed by atoms with E-state index in [0.29, 0.717) is 0 Å².